The maximum Gasteiger partial charge on any atom is 0.231 e. The van der Waals surface area contributed by atoms with Crippen molar-refractivity contribution in [2.75, 3.05) is 0 Å². The lowest BCUT2D eigenvalue weighted by Gasteiger charge is -2.07. The summed E-state index contributed by atoms with van der Waals surface area (Å²) in [4.78, 5) is 12.6. The molecule has 1 aliphatic rings. The lowest BCUT2D eigenvalue weighted by molar-refractivity contribution is 0.101. The molecule has 0 fully saturated rings. The monoisotopic (exact) mass is 474 g/mol. The fraction of sp³-hybridized carbons (Fsp3) is 0.0455. The topological polar surface area (TPSA) is 35.5 Å². The van der Waals surface area contributed by atoms with Crippen LogP contribution in [0.25, 0.3) is 6.08 Å². The van der Waals surface area contributed by atoms with Gasteiger partial charge >= 0.3 is 0 Å². The van der Waals surface area contributed by atoms with Crippen molar-refractivity contribution in [1.82, 2.24) is 0 Å². The Morgan fingerprint density at radius 3 is 2.50 bits per heavy atom. The molecule has 0 atom stereocenters. The molecule has 6 heteroatoms. The molecular formula is C22H13BrCl2O3. The minimum Gasteiger partial charge on any atom is -0.489 e. The van der Waals surface area contributed by atoms with Crippen LogP contribution in [0, 0.1) is 0 Å². The van der Waals surface area contributed by atoms with E-state index < -0.39 is 0 Å². The number of fused-ring (bicyclic) bond motifs is 1. The van der Waals surface area contributed by atoms with E-state index in [2.05, 4.69) is 15.9 Å². The fourth-order valence-corrected chi connectivity index (χ4v) is 3.33. The minimum atomic E-state index is -0.180. The van der Waals surface area contributed by atoms with Crippen molar-refractivity contribution in [2.24, 2.45) is 0 Å². The average molecular weight is 476 g/mol. The van der Waals surface area contributed by atoms with Gasteiger partial charge in [0, 0.05) is 10.5 Å². The first-order chi connectivity index (χ1) is 13.5. The first kappa shape index (κ1) is 19.1. The molecule has 3 nitrogen and oxygen atoms in total. The van der Waals surface area contributed by atoms with Gasteiger partial charge in [0.1, 0.15) is 18.1 Å². The number of hydrogen-bond donors (Lipinski definition) is 0. The predicted molar refractivity (Wildman–Crippen MR) is 114 cm³/mol. The summed E-state index contributed by atoms with van der Waals surface area (Å²) >= 11 is 15.4. The van der Waals surface area contributed by atoms with Gasteiger partial charge in [-0.05, 0) is 53.6 Å². The van der Waals surface area contributed by atoms with Crippen molar-refractivity contribution in [3.05, 3.63) is 97.6 Å². The van der Waals surface area contributed by atoms with Crippen LogP contribution in [0.4, 0.5) is 0 Å². The second-order valence-electron chi connectivity index (χ2n) is 6.19. The van der Waals surface area contributed by atoms with Crippen molar-refractivity contribution >= 4 is 51.0 Å². The molecule has 28 heavy (non-hydrogen) atoms. The van der Waals surface area contributed by atoms with Crippen molar-refractivity contribution in [1.29, 1.82) is 0 Å². The van der Waals surface area contributed by atoms with Gasteiger partial charge in [0.15, 0.2) is 5.76 Å². The third-order valence-corrected chi connectivity index (χ3v) is 5.47. The van der Waals surface area contributed by atoms with Gasteiger partial charge in [-0.3, -0.25) is 4.79 Å². The molecular weight excluding hydrogens is 463 g/mol. The molecule has 1 heterocycles. The van der Waals surface area contributed by atoms with Crippen LogP contribution < -0.4 is 9.47 Å². The predicted octanol–water partition coefficient (Wildman–Crippen LogP) is 6.95. The standard InChI is InChI=1S/C22H13BrCl2O3/c23-15-4-1-13(2-5-15)12-27-16-6-7-17-20(11-16)28-21(22(17)26)10-14-3-8-18(24)19(25)9-14/h1-11H,12H2. The van der Waals surface area contributed by atoms with Crippen LogP contribution in [0.3, 0.4) is 0 Å². The zero-order valence-corrected chi connectivity index (χ0v) is 17.5. The number of carbonyl (C=O) groups is 1. The van der Waals surface area contributed by atoms with E-state index in [1.165, 1.54) is 0 Å². The zero-order valence-electron chi connectivity index (χ0n) is 14.4. The molecule has 0 aromatic heterocycles. The molecule has 140 valence electrons. The van der Waals surface area contributed by atoms with Crippen LogP contribution >= 0.6 is 39.1 Å². The van der Waals surface area contributed by atoms with Crippen LogP contribution in [0.2, 0.25) is 10.0 Å². The summed E-state index contributed by atoms with van der Waals surface area (Å²) in [5, 5.41) is 0.876. The first-order valence-corrected chi connectivity index (χ1v) is 9.95. The van der Waals surface area contributed by atoms with Crippen molar-refractivity contribution in [2.45, 2.75) is 6.61 Å². The van der Waals surface area contributed by atoms with Gasteiger partial charge in [0.2, 0.25) is 5.78 Å². The maximum absolute atomic E-state index is 12.6. The normalized spacial score (nSPS) is 14.1. The third-order valence-electron chi connectivity index (χ3n) is 4.20. The summed E-state index contributed by atoms with van der Waals surface area (Å²) in [6.07, 6.45) is 1.65. The largest absolute Gasteiger partial charge is 0.489 e. The summed E-state index contributed by atoms with van der Waals surface area (Å²) in [6, 6.07) is 18.2. The Kier molecular flexibility index (Phi) is 5.44. The van der Waals surface area contributed by atoms with E-state index in [0.717, 1.165) is 15.6 Å². The van der Waals surface area contributed by atoms with Crippen LogP contribution in [0.15, 0.2) is 70.9 Å². The van der Waals surface area contributed by atoms with Crippen molar-refractivity contribution in [3.63, 3.8) is 0 Å². The van der Waals surface area contributed by atoms with Crippen LogP contribution in [0.1, 0.15) is 21.5 Å². The molecule has 0 saturated carbocycles. The molecule has 0 radical (unpaired) electrons. The zero-order chi connectivity index (χ0) is 19.7. The fourth-order valence-electron chi connectivity index (χ4n) is 2.76. The molecule has 0 N–H and O–H groups in total. The van der Waals surface area contributed by atoms with E-state index >= 15 is 0 Å². The minimum absolute atomic E-state index is 0.180. The second kappa shape index (κ2) is 8.00. The Balaban J connectivity index is 1.51. The Morgan fingerprint density at radius 1 is 0.964 bits per heavy atom. The molecule has 0 spiro atoms. The number of rotatable bonds is 4. The SMILES string of the molecule is O=C1C(=Cc2ccc(Cl)c(Cl)c2)Oc2cc(OCc3ccc(Br)cc3)ccc21. The quantitative estimate of drug-likeness (QED) is 0.383. The summed E-state index contributed by atoms with van der Waals surface area (Å²) in [7, 11) is 0. The summed E-state index contributed by atoms with van der Waals surface area (Å²) in [5.74, 6) is 1.16. The number of halogens is 3. The maximum atomic E-state index is 12.6. The highest BCUT2D eigenvalue weighted by Gasteiger charge is 2.27. The summed E-state index contributed by atoms with van der Waals surface area (Å²) < 4.78 is 12.6. The van der Waals surface area contributed by atoms with Gasteiger partial charge in [-0.15, -0.1) is 0 Å². The van der Waals surface area contributed by atoms with E-state index in [9.17, 15) is 4.79 Å². The van der Waals surface area contributed by atoms with Gasteiger partial charge in [-0.2, -0.15) is 0 Å². The number of ether oxygens (including phenoxy) is 2. The van der Waals surface area contributed by atoms with Gasteiger partial charge in [-0.25, -0.2) is 0 Å². The lowest BCUT2D eigenvalue weighted by Crippen LogP contribution is -1.98. The highest BCUT2D eigenvalue weighted by molar-refractivity contribution is 9.10. The highest BCUT2D eigenvalue weighted by atomic mass is 79.9. The molecule has 3 aromatic carbocycles. The van der Waals surface area contributed by atoms with E-state index in [1.807, 2.05) is 24.3 Å². The van der Waals surface area contributed by atoms with E-state index in [0.29, 0.717) is 33.7 Å². The summed E-state index contributed by atoms with van der Waals surface area (Å²) in [6.45, 7) is 0.423. The van der Waals surface area contributed by atoms with E-state index in [4.69, 9.17) is 32.7 Å². The lowest BCUT2D eigenvalue weighted by atomic mass is 10.1. The molecule has 0 amide bonds. The second-order valence-corrected chi connectivity index (χ2v) is 7.92. The Hall–Kier alpha value is -2.27. The van der Waals surface area contributed by atoms with E-state index in [1.54, 1.807) is 42.5 Å². The average Bonchev–Trinajstić information content (AvgIpc) is 2.99. The van der Waals surface area contributed by atoms with Crippen LogP contribution in [0.5, 0.6) is 11.5 Å². The molecule has 0 unspecified atom stereocenters. The molecule has 0 aliphatic carbocycles. The Morgan fingerprint density at radius 2 is 1.75 bits per heavy atom. The van der Waals surface area contributed by atoms with E-state index in [-0.39, 0.29) is 11.5 Å². The smallest absolute Gasteiger partial charge is 0.231 e. The molecule has 1 aliphatic heterocycles. The van der Waals surface area contributed by atoms with Gasteiger partial charge < -0.3 is 9.47 Å². The van der Waals surface area contributed by atoms with Crippen LogP contribution in [-0.2, 0) is 6.61 Å². The number of benzene rings is 3. The molecule has 3 aromatic rings. The highest BCUT2D eigenvalue weighted by Crippen LogP contribution is 2.35. The number of ketones is 1. The molecule has 4 rings (SSSR count). The number of hydrogen-bond acceptors (Lipinski definition) is 3. The molecule has 0 bridgehead atoms. The Bertz CT molecular complexity index is 1090. The number of allylic oxidation sites excluding steroid dienone is 1. The van der Waals surface area contributed by atoms with Crippen molar-refractivity contribution in [3.8, 4) is 11.5 Å². The third kappa shape index (κ3) is 4.09. The molecule has 0 saturated heterocycles. The first-order valence-electron chi connectivity index (χ1n) is 8.40. The Labute approximate surface area is 180 Å². The van der Waals surface area contributed by atoms with Crippen molar-refractivity contribution < 1.29 is 14.3 Å². The van der Waals surface area contributed by atoms with Gasteiger partial charge in [0.25, 0.3) is 0 Å². The van der Waals surface area contributed by atoms with Crippen LogP contribution in [-0.4, -0.2) is 5.78 Å². The number of Topliss-reactive ketones (excluding diaryl/α,β-unsaturated/α-hetero) is 1. The number of carbonyl (C=O) groups excluding carboxylic acids is 1. The van der Waals surface area contributed by atoms with Gasteiger partial charge in [-0.1, -0.05) is 57.3 Å². The van der Waals surface area contributed by atoms with Gasteiger partial charge in [0.05, 0.1) is 15.6 Å². The summed E-state index contributed by atoms with van der Waals surface area (Å²) in [5.41, 5.74) is 2.28.